The minimum Gasteiger partial charge on any atom is -0.480 e. The van der Waals surface area contributed by atoms with Crippen LogP contribution in [0, 0.1) is 20.8 Å². The fourth-order valence-electron chi connectivity index (χ4n) is 3.07. The summed E-state index contributed by atoms with van der Waals surface area (Å²) in [6, 6.07) is -0.865. The minimum atomic E-state index is -1.00. The van der Waals surface area contributed by atoms with Crippen molar-refractivity contribution in [3.63, 3.8) is 0 Å². The second kappa shape index (κ2) is 6.10. The Balaban J connectivity index is 1.73. The van der Waals surface area contributed by atoms with Crippen LogP contribution in [0.3, 0.4) is 0 Å². The normalized spacial score (nSPS) is 17.0. The predicted molar refractivity (Wildman–Crippen MR) is 85.3 cm³/mol. The van der Waals surface area contributed by atoms with Crippen molar-refractivity contribution < 1.29 is 14.7 Å². The quantitative estimate of drug-likeness (QED) is 0.868. The van der Waals surface area contributed by atoms with Crippen LogP contribution in [0.15, 0.2) is 6.33 Å². The number of carbonyl (C=O) groups excluding carboxylic acids is 1. The Morgan fingerprint density at radius 3 is 2.75 bits per heavy atom. The second-order valence-electron chi connectivity index (χ2n) is 6.18. The van der Waals surface area contributed by atoms with E-state index < -0.39 is 12.0 Å². The van der Waals surface area contributed by atoms with Crippen LogP contribution in [0.4, 0.5) is 0 Å². The molecule has 1 aliphatic heterocycles. The lowest BCUT2D eigenvalue weighted by Gasteiger charge is -2.32. The van der Waals surface area contributed by atoms with Gasteiger partial charge in [-0.1, -0.05) is 0 Å². The second-order valence-corrected chi connectivity index (χ2v) is 6.18. The summed E-state index contributed by atoms with van der Waals surface area (Å²) < 4.78 is 1.81. The number of aromatic nitrogens is 4. The van der Waals surface area contributed by atoms with Gasteiger partial charge in [-0.05, 0) is 26.3 Å². The Labute approximate surface area is 139 Å². The first-order valence-electron chi connectivity index (χ1n) is 7.92. The number of imidazole rings is 1. The van der Waals surface area contributed by atoms with Gasteiger partial charge in [0.05, 0.1) is 30.0 Å². The SMILES string of the molecule is Cc1nn(CCC(=O)N2Cc3[nH]cnc3C[C@@H]2C(=O)O)c(C)c1C. The van der Waals surface area contributed by atoms with Crippen LogP contribution in [-0.4, -0.2) is 47.7 Å². The van der Waals surface area contributed by atoms with Crippen LogP contribution >= 0.6 is 0 Å². The molecule has 3 rings (SSSR count). The monoisotopic (exact) mass is 331 g/mol. The molecular weight excluding hydrogens is 310 g/mol. The highest BCUT2D eigenvalue weighted by Crippen LogP contribution is 2.22. The van der Waals surface area contributed by atoms with Crippen molar-refractivity contribution in [2.45, 2.75) is 52.7 Å². The number of fused-ring (bicyclic) bond motifs is 1. The van der Waals surface area contributed by atoms with E-state index in [-0.39, 0.29) is 25.3 Å². The number of carboxylic acids is 1. The van der Waals surface area contributed by atoms with Crippen LogP contribution in [0.5, 0.6) is 0 Å². The Morgan fingerprint density at radius 1 is 1.38 bits per heavy atom. The van der Waals surface area contributed by atoms with Crippen molar-refractivity contribution in [2.24, 2.45) is 0 Å². The molecule has 2 N–H and O–H groups in total. The smallest absolute Gasteiger partial charge is 0.326 e. The number of H-pyrrole nitrogens is 1. The van der Waals surface area contributed by atoms with Gasteiger partial charge in [0, 0.05) is 25.1 Å². The zero-order valence-corrected chi connectivity index (χ0v) is 14.0. The zero-order valence-electron chi connectivity index (χ0n) is 14.0. The van der Waals surface area contributed by atoms with E-state index in [2.05, 4.69) is 15.1 Å². The van der Waals surface area contributed by atoms with Gasteiger partial charge in [-0.3, -0.25) is 9.48 Å². The Morgan fingerprint density at radius 2 is 2.12 bits per heavy atom. The third-order valence-corrected chi connectivity index (χ3v) is 4.79. The van der Waals surface area contributed by atoms with Crippen LogP contribution in [0.1, 0.15) is 34.8 Å². The first-order valence-corrected chi connectivity index (χ1v) is 7.92. The third kappa shape index (κ3) is 2.79. The van der Waals surface area contributed by atoms with Crippen molar-refractivity contribution in [1.82, 2.24) is 24.6 Å². The summed E-state index contributed by atoms with van der Waals surface area (Å²) in [6.07, 6.45) is 1.99. The highest BCUT2D eigenvalue weighted by atomic mass is 16.4. The van der Waals surface area contributed by atoms with E-state index in [0.29, 0.717) is 6.54 Å². The van der Waals surface area contributed by atoms with E-state index in [4.69, 9.17) is 0 Å². The maximum Gasteiger partial charge on any atom is 0.326 e. The number of rotatable bonds is 4. The van der Waals surface area contributed by atoms with Crippen LogP contribution in [0.2, 0.25) is 0 Å². The summed E-state index contributed by atoms with van der Waals surface area (Å²) in [6.45, 7) is 6.60. The summed E-state index contributed by atoms with van der Waals surface area (Å²) >= 11 is 0. The van der Waals surface area contributed by atoms with Gasteiger partial charge >= 0.3 is 5.97 Å². The number of nitrogens with zero attached hydrogens (tertiary/aromatic N) is 4. The molecule has 8 heteroatoms. The van der Waals surface area contributed by atoms with Crippen LogP contribution in [-0.2, 0) is 29.1 Å². The molecule has 8 nitrogen and oxygen atoms in total. The molecule has 0 aliphatic carbocycles. The van der Waals surface area contributed by atoms with Crippen LogP contribution in [0.25, 0.3) is 0 Å². The molecule has 128 valence electrons. The standard InChI is InChI=1S/C16H21N5O3/c1-9-10(2)19-21(11(9)3)5-4-15(22)20-7-13-12(17-8-18-13)6-14(20)16(23)24/h8,14H,4-7H2,1-3H3,(H,17,18)(H,23,24)/t14-/m1/s1. The van der Waals surface area contributed by atoms with E-state index in [9.17, 15) is 14.7 Å². The fourth-order valence-corrected chi connectivity index (χ4v) is 3.07. The van der Waals surface area contributed by atoms with Crippen LogP contribution < -0.4 is 0 Å². The number of carbonyl (C=O) groups is 2. The third-order valence-electron chi connectivity index (χ3n) is 4.79. The maximum atomic E-state index is 12.6. The number of aryl methyl sites for hydroxylation is 2. The molecule has 0 saturated carbocycles. The molecule has 0 unspecified atom stereocenters. The average Bonchev–Trinajstić information content (AvgIpc) is 3.11. The largest absolute Gasteiger partial charge is 0.480 e. The molecule has 0 spiro atoms. The van der Waals surface area contributed by atoms with E-state index in [1.54, 1.807) is 0 Å². The number of amides is 1. The number of hydrogen-bond acceptors (Lipinski definition) is 4. The summed E-state index contributed by atoms with van der Waals surface area (Å²) in [5.41, 5.74) is 4.63. The number of aliphatic carboxylic acids is 1. The lowest BCUT2D eigenvalue weighted by atomic mass is 10.0. The molecule has 0 aromatic carbocycles. The Bertz CT molecular complexity index is 792. The van der Waals surface area contributed by atoms with Crippen molar-refractivity contribution in [3.8, 4) is 0 Å². The molecular formula is C16H21N5O3. The van der Waals surface area contributed by atoms with Crippen molar-refractivity contribution in [3.05, 3.63) is 34.7 Å². The van der Waals surface area contributed by atoms with Crippen molar-refractivity contribution >= 4 is 11.9 Å². The Hall–Kier alpha value is -2.64. The van der Waals surface area contributed by atoms with Gasteiger partial charge in [0.1, 0.15) is 6.04 Å². The predicted octanol–water partition coefficient (Wildman–Crippen LogP) is 0.960. The summed E-state index contributed by atoms with van der Waals surface area (Å²) in [5, 5.41) is 13.9. The molecule has 0 fully saturated rings. The lowest BCUT2D eigenvalue weighted by molar-refractivity contribution is -0.151. The number of nitrogens with one attached hydrogen (secondary N) is 1. The van der Waals surface area contributed by atoms with E-state index >= 15 is 0 Å². The van der Waals surface area contributed by atoms with Gasteiger partial charge in [-0.25, -0.2) is 9.78 Å². The van der Waals surface area contributed by atoms with E-state index in [0.717, 1.165) is 28.3 Å². The van der Waals surface area contributed by atoms with Gasteiger partial charge in [-0.15, -0.1) is 0 Å². The van der Waals surface area contributed by atoms with Gasteiger partial charge in [0.25, 0.3) is 0 Å². The summed E-state index contributed by atoms with van der Waals surface area (Å²) in [7, 11) is 0. The Kier molecular flexibility index (Phi) is 4.13. The van der Waals surface area contributed by atoms with Gasteiger partial charge in [0.15, 0.2) is 0 Å². The van der Waals surface area contributed by atoms with E-state index in [1.807, 2.05) is 25.5 Å². The summed E-state index contributed by atoms with van der Waals surface area (Å²) in [4.78, 5) is 32.7. The van der Waals surface area contributed by atoms with Gasteiger partial charge in [-0.2, -0.15) is 5.10 Å². The van der Waals surface area contributed by atoms with Gasteiger partial charge in [0.2, 0.25) is 5.91 Å². The molecule has 1 aliphatic rings. The molecule has 3 heterocycles. The topological polar surface area (TPSA) is 104 Å². The minimum absolute atomic E-state index is 0.187. The molecule has 0 radical (unpaired) electrons. The zero-order chi connectivity index (χ0) is 17.4. The number of aromatic amines is 1. The average molecular weight is 331 g/mol. The molecule has 1 atom stereocenters. The van der Waals surface area contributed by atoms with E-state index in [1.165, 1.54) is 11.2 Å². The molecule has 1 amide bonds. The first-order chi connectivity index (χ1) is 11.4. The first kappa shape index (κ1) is 16.2. The maximum absolute atomic E-state index is 12.6. The molecule has 24 heavy (non-hydrogen) atoms. The lowest BCUT2D eigenvalue weighted by Crippen LogP contribution is -2.48. The summed E-state index contributed by atoms with van der Waals surface area (Å²) in [5.74, 6) is -1.19. The highest BCUT2D eigenvalue weighted by molar-refractivity contribution is 5.84. The van der Waals surface area contributed by atoms with Crippen molar-refractivity contribution in [2.75, 3.05) is 0 Å². The highest BCUT2D eigenvalue weighted by Gasteiger charge is 2.35. The van der Waals surface area contributed by atoms with Gasteiger partial charge < -0.3 is 15.0 Å². The molecule has 0 bridgehead atoms. The fraction of sp³-hybridized carbons (Fsp3) is 0.500. The number of carboxylic acid groups (broad SMARTS) is 1. The molecule has 2 aromatic rings. The molecule has 2 aromatic heterocycles. The number of hydrogen-bond donors (Lipinski definition) is 2. The molecule has 0 saturated heterocycles. The van der Waals surface area contributed by atoms with Crippen molar-refractivity contribution in [1.29, 1.82) is 0 Å².